The molecule has 7 aromatic carbocycles. The summed E-state index contributed by atoms with van der Waals surface area (Å²) < 4.78 is 1.87. The Bertz CT molecular complexity index is 2530. The van der Waals surface area contributed by atoms with Crippen LogP contribution in [-0.4, -0.2) is 15.0 Å². The summed E-state index contributed by atoms with van der Waals surface area (Å²) in [5.41, 5.74) is 15.4. The zero-order valence-corrected chi connectivity index (χ0v) is 29.5. The summed E-state index contributed by atoms with van der Waals surface area (Å²) in [6, 6.07) is 62.4. The van der Waals surface area contributed by atoms with Gasteiger partial charge in [-0.15, -0.1) is 5.10 Å². The Labute approximate surface area is 309 Å². The lowest BCUT2D eigenvalue weighted by Crippen LogP contribution is -2.30. The van der Waals surface area contributed by atoms with E-state index in [1.54, 1.807) is 0 Å². The summed E-state index contributed by atoms with van der Waals surface area (Å²) in [6.45, 7) is 4.63. The van der Waals surface area contributed by atoms with E-state index in [9.17, 15) is 0 Å². The predicted octanol–water partition coefficient (Wildman–Crippen LogP) is 12.3. The van der Waals surface area contributed by atoms with E-state index in [2.05, 4.69) is 215 Å². The quantitative estimate of drug-likeness (QED) is 0.180. The average molecular weight is 685 g/mol. The van der Waals surface area contributed by atoms with Gasteiger partial charge in [0.2, 0.25) is 0 Å². The van der Waals surface area contributed by atoms with E-state index in [0.29, 0.717) is 0 Å². The van der Waals surface area contributed by atoms with Crippen molar-refractivity contribution in [3.05, 3.63) is 193 Å². The van der Waals surface area contributed by atoms with Gasteiger partial charge in [-0.1, -0.05) is 116 Å². The molecule has 2 aliphatic heterocycles. The van der Waals surface area contributed by atoms with Gasteiger partial charge in [0.1, 0.15) is 5.69 Å². The first-order valence-electron chi connectivity index (χ1n) is 18.0. The smallest absolute Gasteiger partial charge is 0.113 e. The molecule has 0 fully saturated rings. The van der Waals surface area contributed by atoms with Gasteiger partial charge in [0.05, 0.1) is 46.0 Å². The topological polar surface area (TPSA) is 40.4 Å². The van der Waals surface area contributed by atoms with E-state index in [0.717, 1.165) is 56.8 Å². The molecule has 0 unspecified atom stereocenters. The molecule has 1 aromatic heterocycles. The van der Waals surface area contributed by atoms with Crippen molar-refractivity contribution >= 4 is 51.2 Å². The molecule has 6 nitrogen and oxygen atoms in total. The van der Waals surface area contributed by atoms with Crippen LogP contribution >= 0.6 is 0 Å². The highest BCUT2D eigenvalue weighted by atomic mass is 15.4. The maximum Gasteiger partial charge on any atom is 0.113 e. The summed E-state index contributed by atoms with van der Waals surface area (Å²) in [4.78, 5) is 7.05. The molecular formula is C47H36N6. The van der Waals surface area contributed by atoms with E-state index >= 15 is 0 Å². The van der Waals surface area contributed by atoms with Crippen molar-refractivity contribution in [2.75, 3.05) is 14.7 Å². The molecular weight excluding hydrogens is 649 g/mol. The maximum atomic E-state index is 4.63. The Hall–Kier alpha value is -6.92. The minimum Gasteiger partial charge on any atom is -0.310 e. The third-order valence-corrected chi connectivity index (χ3v) is 10.6. The Morgan fingerprint density at radius 3 is 1.42 bits per heavy atom. The van der Waals surface area contributed by atoms with Crippen LogP contribution in [0, 0.1) is 0 Å². The molecule has 8 aromatic rings. The predicted molar refractivity (Wildman–Crippen MR) is 217 cm³/mol. The molecule has 0 amide bonds. The largest absolute Gasteiger partial charge is 0.310 e. The molecule has 254 valence electrons. The molecule has 2 aliphatic rings. The van der Waals surface area contributed by atoms with E-state index in [-0.39, 0.29) is 5.41 Å². The Morgan fingerprint density at radius 1 is 0.396 bits per heavy atom. The van der Waals surface area contributed by atoms with Crippen molar-refractivity contribution < 1.29 is 0 Å². The standard InChI is InChI=1S/C47H36N6/c1-47(2)38-19-6-8-21-41(38)51(42-22-9-7-20-39(42)47)35-29-27-33(28-30-35)40-32-50(49-48-40)36-17-14-18-37(31-36)53-45-25-12-10-23-43(45)52(34-15-4-3-5-16-34)44-24-11-13-26-46(44)53/h3-32H,1-2H3. The molecule has 53 heavy (non-hydrogen) atoms. The van der Waals surface area contributed by atoms with E-state index in [4.69, 9.17) is 0 Å². The number of nitrogens with zero attached hydrogens (tertiary/aromatic N) is 6. The molecule has 0 N–H and O–H groups in total. The third-order valence-electron chi connectivity index (χ3n) is 10.6. The SMILES string of the molecule is CC1(C)c2ccccc2N(c2ccc(-c3cn(-c4cccc(N5c6ccccc6N(c6ccccc6)c6ccccc65)c4)nn3)cc2)c2ccccc21. The molecule has 0 radical (unpaired) electrons. The fourth-order valence-corrected chi connectivity index (χ4v) is 8.10. The van der Waals surface area contributed by atoms with E-state index in [1.165, 1.54) is 22.5 Å². The van der Waals surface area contributed by atoms with Crippen molar-refractivity contribution in [1.29, 1.82) is 0 Å². The molecule has 10 rings (SSSR count). The van der Waals surface area contributed by atoms with Gasteiger partial charge in [-0.3, -0.25) is 0 Å². The van der Waals surface area contributed by atoms with Crippen LogP contribution in [0.2, 0.25) is 0 Å². The fraction of sp³-hybridized carbons (Fsp3) is 0.0638. The fourth-order valence-electron chi connectivity index (χ4n) is 8.10. The van der Waals surface area contributed by atoms with Crippen LogP contribution in [0.15, 0.2) is 182 Å². The van der Waals surface area contributed by atoms with Crippen LogP contribution < -0.4 is 14.7 Å². The zero-order chi connectivity index (χ0) is 35.5. The van der Waals surface area contributed by atoms with Gasteiger partial charge in [-0.2, -0.15) is 0 Å². The van der Waals surface area contributed by atoms with Gasteiger partial charge in [-0.05, 0) is 90.0 Å². The minimum absolute atomic E-state index is 0.0945. The summed E-state index contributed by atoms with van der Waals surface area (Å²) in [7, 11) is 0. The Kier molecular flexibility index (Phi) is 7.05. The van der Waals surface area contributed by atoms with Crippen LogP contribution in [0.4, 0.5) is 51.2 Å². The first-order valence-corrected chi connectivity index (χ1v) is 18.0. The molecule has 0 spiro atoms. The second-order valence-electron chi connectivity index (χ2n) is 14.1. The first-order chi connectivity index (χ1) is 26.1. The highest BCUT2D eigenvalue weighted by Gasteiger charge is 2.36. The molecule has 0 aliphatic carbocycles. The van der Waals surface area contributed by atoms with Gasteiger partial charge in [0.15, 0.2) is 0 Å². The number of hydrogen-bond donors (Lipinski definition) is 0. The summed E-state index contributed by atoms with van der Waals surface area (Å²) in [6.07, 6.45) is 2.01. The maximum absolute atomic E-state index is 4.63. The molecule has 3 heterocycles. The number of anilines is 9. The van der Waals surface area contributed by atoms with Crippen LogP contribution in [0.1, 0.15) is 25.0 Å². The van der Waals surface area contributed by atoms with Crippen molar-refractivity contribution in [3.63, 3.8) is 0 Å². The lowest BCUT2D eigenvalue weighted by Gasteiger charge is -2.42. The number of fused-ring (bicyclic) bond motifs is 4. The summed E-state index contributed by atoms with van der Waals surface area (Å²) in [5, 5.41) is 9.24. The van der Waals surface area contributed by atoms with Crippen LogP contribution in [-0.2, 0) is 5.41 Å². The van der Waals surface area contributed by atoms with Gasteiger partial charge in [0.25, 0.3) is 0 Å². The molecule has 0 atom stereocenters. The van der Waals surface area contributed by atoms with Gasteiger partial charge < -0.3 is 14.7 Å². The molecule has 6 heteroatoms. The third kappa shape index (κ3) is 4.94. The van der Waals surface area contributed by atoms with Crippen molar-refractivity contribution in [2.45, 2.75) is 19.3 Å². The molecule has 0 bridgehead atoms. The van der Waals surface area contributed by atoms with Gasteiger partial charge in [0, 0.05) is 28.0 Å². The number of benzene rings is 7. The molecule has 0 saturated carbocycles. The lowest BCUT2D eigenvalue weighted by molar-refractivity contribution is 0.632. The monoisotopic (exact) mass is 684 g/mol. The highest BCUT2D eigenvalue weighted by Crippen LogP contribution is 2.54. The normalized spacial score (nSPS) is 13.9. The van der Waals surface area contributed by atoms with E-state index < -0.39 is 0 Å². The Balaban J connectivity index is 0.984. The second kappa shape index (κ2) is 12.1. The average Bonchev–Trinajstić information content (AvgIpc) is 3.71. The summed E-state index contributed by atoms with van der Waals surface area (Å²) in [5.74, 6) is 0. The minimum atomic E-state index is -0.0945. The molecule has 0 saturated heterocycles. The van der Waals surface area contributed by atoms with Gasteiger partial charge in [-0.25, -0.2) is 4.68 Å². The van der Waals surface area contributed by atoms with Gasteiger partial charge >= 0.3 is 0 Å². The van der Waals surface area contributed by atoms with Crippen molar-refractivity contribution in [2.24, 2.45) is 0 Å². The number of rotatable bonds is 5. The van der Waals surface area contributed by atoms with E-state index in [1.807, 2.05) is 10.9 Å². The van der Waals surface area contributed by atoms with Crippen molar-refractivity contribution in [1.82, 2.24) is 15.0 Å². The van der Waals surface area contributed by atoms with Crippen LogP contribution in [0.25, 0.3) is 16.9 Å². The van der Waals surface area contributed by atoms with Crippen LogP contribution in [0.5, 0.6) is 0 Å². The zero-order valence-electron chi connectivity index (χ0n) is 29.5. The number of hydrogen-bond acceptors (Lipinski definition) is 5. The summed E-state index contributed by atoms with van der Waals surface area (Å²) >= 11 is 0. The lowest BCUT2D eigenvalue weighted by atomic mass is 9.73. The van der Waals surface area contributed by atoms with Crippen LogP contribution in [0.3, 0.4) is 0 Å². The number of para-hydroxylation sites is 7. The number of aromatic nitrogens is 3. The Morgan fingerprint density at radius 2 is 0.830 bits per heavy atom. The highest BCUT2D eigenvalue weighted by molar-refractivity contribution is 6.01. The first kappa shape index (κ1) is 30.9. The second-order valence-corrected chi connectivity index (χ2v) is 14.1. The van der Waals surface area contributed by atoms with Crippen molar-refractivity contribution in [3.8, 4) is 16.9 Å².